The van der Waals surface area contributed by atoms with E-state index in [9.17, 15) is 9.46 Å². The van der Waals surface area contributed by atoms with Crippen LogP contribution in [0.1, 0.15) is 20.3 Å². The summed E-state index contributed by atoms with van der Waals surface area (Å²) < 4.78 is 14.5. The van der Waals surface area contributed by atoms with Gasteiger partial charge in [0.05, 0.1) is 34.2 Å². The highest BCUT2D eigenvalue weighted by Gasteiger charge is 2.29. The number of nitrogens with zero attached hydrogens (tertiary/aromatic N) is 2. The zero-order chi connectivity index (χ0) is 14.6. The Morgan fingerprint density at radius 1 is 1.37 bits per heavy atom. The summed E-state index contributed by atoms with van der Waals surface area (Å²) in [7, 11) is 4.65. The van der Waals surface area contributed by atoms with Crippen molar-refractivity contribution in [1.82, 2.24) is 9.51 Å². The number of halogens is 2. The smallest absolute Gasteiger partial charge is 0.269 e. The molecular weight excluding hydrogens is 308 g/mol. The predicted molar refractivity (Wildman–Crippen MR) is 77.9 cm³/mol. The fourth-order valence-corrected chi connectivity index (χ4v) is 2.93. The Hall–Kier alpha value is 0.650. The molecule has 0 aromatic carbocycles. The zero-order valence-electron chi connectivity index (χ0n) is 12.8. The Morgan fingerprint density at radius 3 is 2.21 bits per heavy atom. The van der Waals surface area contributed by atoms with Gasteiger partial charge in [-0.25, -0.2) is 9.51 Å². The monoisotopic (exact) mass is 335 g/mol. The van der Waals surface area contributed by atoms with Gasteiger partial charge in [-0.05, 0) is 39.1 Å². The minimum Gasteiger partial charge on any atom is -1.00 e. The van der Waals surface area contributed by atoms with E-state index in [1.54, 1.807) is 11.7 Å². The highest BCUT2D eigenvalue weighted by atomic mass is 35.5. The molecule has 0 bridgehead atoms. The molecule has 0 radical (unpaired) electrons. The molecule has 1 unspecified atom stereocenters. The first-order valence-corrected chi connectivity index (χ1v) is 8.29. The third kappa shape index (κ3) is 10.1. The van der Waals surface area contributed by atoms with Crippen molar-refractivity contribution in [3.8, 4) is 0 Å². The summed E-state index contributed by atoms with van der Waals surface area (Å²) in [6, 6.07) is 0. The Bertz CT molecular complexity index is 309. The third-order valence-electron chi connectivity index (χ3n) is 2.91. The number of rotatable bonds is 8. The number of hydrogen-bond donors (Lipinski definition) is 2. The first kappa shape index (κ1) is 21.9. The van der Waals surface area contributed by atoms with Gasteiger partial charge in [0.25, 0.3) is 7.52 Å². The van der Waals surface area contributed by atoms with E-state index in [0.29, 0.717) is 13.0 Å². The summed E-state index contributed by atoms with van der Waals surface area (Å²) in [5, 5.41) is 0. The van der Waals surface area contributed by atoms with Crippen LogP contribution < -0.4 is 17.2 Å². The Labute approximate surface area is 128 Å². The summed E-state index contributed by atoms with van der Waals surface area (Å²) in [4.78, 5) is 12.7. The van der Waals surface area contributed by atoms with Crippen LogP contribution in [0.5, 0.6) is 0 Å². The van der Waals surface area contributed by atoms with Crippen molar-refractivity contribution < 1.29 is 26.3 Å². The Balaban J connectivity index is 0. The van der Waals surface area contributed by atoms with Crippen molar-refractivity contribution in [1.29, 1.82) is 0 Å². The van der Waals surface area contributed by atoms with Crippen molar-refractivity contribution in [2.45, 2.75) is 25.8 Å². The summed E-state index contributed by atoms with van der Waals surface area (Å²) >= 11 is 5.59. The zero-order valence-corrected chi connectivity index (χ0v) is 15.2. The lowest BCUT2D eigenvalue weighted by Gasteiger charge is -2.30. The van der Waals surface area contributed by atoms with Gasteiger partial charge in [-0.2, -0.15) is 0 Å². The van der Waals surface area contributed by atoms with Crippen molar-refractivity contribution in [3.05, 3.63) is 0 Å². The summed E-state index contributed by atoms with van der Waals surface area (Å²) in [6.45, 7) is 5.25. The van der Waals surface area contributed by atoms with Crippen molar-refractivity contribution in [2.75, 3.05) is 47.4 Å². The quantitative estimate of drug-likeness (QED) is 0.330. The lowest BCUT2D eigenvalue weighted by Crippen LogP contribution is -3.00. The van der Waals surface area contributed by atoms with Crippen molar-refractivity contribution in [2.24, 2.45) is 0 Å². The van der Waals surface area contributed by atoms with E-state index >= 15 is 0 Å². The van der Waals surface area contributed by atoms with Crippen LogP contribution in [0.2, 0.25) is 0 Å². The molecule has 19 heavy (non-hydrogen) atoms. The van der Waals surface area contributed by atoms with Gasteiger partial charge >= 0.3 is 0 Å². The number of likely N-dealkylation sites (N-methyl/N-ethyl adjacent to an activating group) is 2. The van der Waals surface area contributed by atoms with Crippen molar-refractivity contribution >= 4 is 19.3 Å². The molecule has 2 N–H and O–H groups in total. The summed E-state index contributed by atoms with van der Waals surface area (Å²) in [5.74, 6) is 0. The van der Waals surface area contributed by atoms with E-state index < -0.39 is 7.52 Å². The maximum Gasteiger partial charge on any atom is 0.269 e. The molecule has 118 valence electrons. The molecule has 0 aliphatic heterocycles. The number of nitrogens with one attached hydrogen (secondary N) is 1. The molecule has 0 saturated carbocycles. The highest BCUT2D eigenvalue weighted by Crippen LogP contribution is 2.45. The summed E-state index contributed by atoms with van der Waals surface area (Å²) in [6.07, 6.45) is 0.798. The number of quaternary nitrogens is 1. The van der Waals surface area contributed by atoms with Gasteiger partial charge in [-0.1, -0.05) is 0 Å². The van der Waals surface area contributed by atoms with Gasteiger partial charge in [-0.15, -0.1) is 0 Å². The van der Waals surface area contributed by atoms with E-state index in [1.165, 1.54) is 0 Å². The van der Waals surface area contributed by atoms with Crippen LogP contribution in [0.3, 0.4) is 0 Å². The topological polar surface area (TPSA) is 52.6 Å². The average molecular weight is 336 g/mol. The maximum absolute atomic E-state index is 12.2. The fraction of sp³-hybridized carbons (Fsp3) is 1.00. The van der Waals surface area contributed by atoms with E-state index in [0.717, 1.165) is 11.0 Å². The van der Waals surface area contributed by atoms with Gasteiger partial charge in [0.2, 0.25) is 0 Å². The molecule has 0 rings (SSSR count). The molecule has 1 atom stereocenters. The fourth-order valence-electron chi connectivity index (χ4n) is 1.24. The van der Waals surface area contributed by atoms with E-state index in [4.69, 9.17) is 11.8 Å². The Kier molecular flexibility index (Phi) is 9.45. The molecule has 0 spiro atoms. The molecule has 0 aromatic rings. The molecule has 8 heteroatoms. The van der Waals surface area contributed by atoms with Crippen LogP contribution in [0.15, 0.2) is 0 Å². The van der Waals surface area contributed by atoms with Gasteiger partial charge in [0.1, 0.15) is 0 Å². The lowest BCUT2D eigenvalue weighted by molar-refractivity contribution is -0.869. The van der Waals surface area contributed by atoms with E-state index in [-0.39, 0.29) is 24.1 Å². The minimum absolute atomic E-state index is 0. The van der Waals surface area contributed by atoms with Crippen LogP contribution in [-0.2, 0) is 4.57 Å². The second-order valence-electron chi connectivity index (χ2n) is 6.51. The second kappa shape index (κ2) is 8.18. The Morgan fingerprint density at radius 2 is 1.84 bits per heavy atom. The molecule has 0 aromatic heterocycles. The van der Waals surface area contributed by atoms with Gasteiger partial charge < -0.3 is 21.8 Å². The average Bonchev–Trinajstić information content (AvgIpc) is 2.22. The largest absolute Gasteiger partial charge is 1.00 e. The van der Waals surface area contributed by atoms with Crippen LogP contribution >= 0.6 is 19.3 Å². The third-order valence-corrected chi connectivity index (χ3v) is 5.50. The molecule has 0 fully saturated rings. The molecule has 0 aliphatic carbocycles. The molecule has 0 saturated heterocycles. The lowest BCUT2D eigenvalue weighted by atomic mass is 10.0. The van der Waals surface area contributed by atoms with Gasteiger partial charge in [-0.3, -0.25) is 4.57 Å². The normalized spacial score (nSPS) is 16.1. The maximum atomic E-state index is 12.2. The second-order valence-corrected chi connectivity index (χ2v) is 9.16. The van der Waals surface area contributed by atoms with Crippen LogP contribution in [0.4, 0.5) is 0 Å². The van der Waals surface area contributed by atoms with E-state index in [1.807, 2.05) is 13.8 Å². The van der Waals surface area contributed by atoms with E-state index in [2.05, 4.69) is 26.0 Å². The summed E-state index contributed by atoms with van der Waals surface area (Å²) in [5.41, 5.74) is -0.332. The number of hydrogen-bond acceptors (Lipinski definition) is 2. The van der Waals surface area contributed by atoms with Gasteiger partial charge in [0, 0.05) is 11.7 Å². The van der Waals surface area contributed by atoms with Crippen LogP contribution in [0, 0.1) is 0 Å². The standard InChI is InChI=1S/C11H27ClN3O2P.ClH/c1-11(2,13-12)7-10-18(16,17)14(3)8-9-15(4,5)6;/h13H,7-10H2,1-6H3;1H. The first-order valence-electron chi connectivity index (χ1n) is 6.11. The predicted octanol–water partition coefficient (Wildman–Crippen LogP) is -1.27. The first-order chi connectivity index (χ1) is 7.90. The molecular formula is C11H28Cl2N3O2P. The SMILES string of the molecule is CN(CC[N+](C)(C)C)P(=O)(O)CCC(C)(C)NCl.[Cl-]. The van der Waals surface area contributed by atoms with Crippen molar-refractivity contribution in [3.63, 3.8) is 0 Å². The highest BCUT2D eigenvalue weighted by molar-refractivity contribution is 7.55. The minimum atomic E-state index is -3.25. The van der Waals surface area contributed by atoms with Crippen LogP contribution in [0.25, 0.3) is 0 Å². The molecule has 0 amide bonds. The van der Waals surface area contributed by atoms with Crippen LogP contribution in [-0.4, -0.2) is 67.0 Å². The van der Waals surface area contributed by atoms with Gasteiger partial charge in [0.15, 0.2) is 0 Å². The molecule has 0 heterocycles. The molecule has 5 nitrogen and oxygen atoms in total. The molecule has 0 aliphatic rings.